The fourth-order valence-corrected chi connectivity index (χ4v) is 2.74. The fourth-order valence-electron chi connectivity index (χ4n) is 2.57. The molecule has 0 aromatic heterocycles. The molecular weight excluding hydrogens is 374 g/mol. The third-order valence-corrected chi connectivity index (χ3v) is 4.08. The summed E-state index contributed by atoms with van der Waals surface area (Å²) < 4.78 is 16.0. The summed E-state index contributed by atoms with van der Waals surface area (Å²) in [7, 11) is 0. The van der Waals surface area contributed by atoms with E-state index in [4.69, 9.17) is 25.8 Å². The maximum Gasteiger partial charge on any atom is 0.262 e. The quantitative estimate of drug-likeness (QED) is 0.760. The molecule has 1 aliphatic rings. The Hall–Kier alpha value is -3.06. The van der Waals surface area contributed by atoms with Crippen LogP contribution in [0.4, 0.5) is 5.69 Å². The second-order valence-electron chi connectivity index (χ2n) is 5.84. The lowest BCUT2D eigenvalue weighted by atomic mass is 10.1. The lowest BCUT2D eigenvalue weighted by molar-refractivity contribution is -0.118. The van der Waals surface area contributed by atoms with Crippen LogP contribution in [-0.4, -0.2) is 30.9 Å². The third kappa shape index (κ3) is 4.20. The molecule has 0 saturated heterocycles. The Bertz CT molecular complexity index is 940. The van der Waals surface area contributed by atoms with Crippen LogP contribution in [0.1, 0.15) is 34.6 Å². The zero-order valence-corrected chi connectivity index (χ0v) is 15.4. The summed E-state index contributed by atoms with van der Waals surface area (Å²) in [4.78, 5) is 35.8. The maximum absolute atomic E-state index is 12.3. The summed E-state index contributed by atoms with van der Waals surface area (Å²) >= 11 is 5.88. The predicted octanol–water partition coefficient (Wildman–Crippen LogP) is 3.49. The van der Waals surface area contributed by atoms with Crippen molar-refractivity contribution in [2.75, 3.05) is 18.7 Å². The van der Waals surface area contributed by atoms with Crippen molar-refractivity contribution >= 4 is 34.8 Å². The van der Waals surface area contributed by atoms with Crippen LogP contribution in [0.2, 0.25) is 5.02 Å². The molecule has 1 amide bonds. The molecule has 140 valence electrons. The molecule has 0 radical (unpaired) electrons. The fraction of sp³-hybridized carbons (Fsp3) is 0.211. The molecule has 0 fully saturated rings. The van der Waals surface area contributed by atoms with E-state index in [-0.39, 0.29) is 36.3 Å². The second-order valence-corrected chi connectivity index (χ2v) is 6.28. The number of hydrogen-bond donors (Lipinski definition) is 1. The van der Waals surface area contributed by atoms with Crippen LogP contribution < -0.4 is 19.5 Å². The smallest absolute Gasteiger partial charge is 0.262 e. The van der Waals surface area contributed by atoms with Crippen LogP contribution in [-0.2, 0) is 4.79 Å². The first-order chi connectivity index (χ1) is 12.8. The van der Waals surface area contributed by atoms with Crippen molar-refractivity contribution in [3.05, 3.63) is 46.5 Å². The molecule has 8 heteroatoms. The van der Waals surface area contributed by atoms with Crippen LogP contribution in [0.5, 0.6) is 17.2 Å². The number of fused-ring (bicyclic) bond motifs is 1. The van der Waals surface area contributed by atoms with Gasteiger partial charge in [-0.15, -0.1) is 0 Å². The van der Waals surface area contributed by atoms with Crippen molar-refractivity contribution in [3.8, 4) is 17.2 Å². The maximum atomic E-state index is 12.3. The van der Waals surface area contributed by atoms with Crippen molar-refractivity contribution in [1.29, 1.82) is 0 Å². The second kappa shape index (κ2) is 7.67. The Morgan fingerprint density at radius 2 is 1.70 bits per heavy atom. The van der Waals surface area contributed by atoms with E-state index in [1.807, 2.05) is 0 Å². The first-order valence-electron chi connectivity index (χ1n) is 8.03. The van der Waals surface area contributed by atoms with Gasteiger partial charge in [0.05, 0.1) is 11.3 Å². The average molecular weight is 390 g/mol. The summed E-state index contributed by atoms with van der Waals surface area (Å²) in [5.74, 6) is 0.165. The topological polar surface area (TPSA) is 90.9 Å². The Morgan fingerprint density at radius 3 is 2.37 bits per heavy atom. The summed E-state index contributed by atoms with van der Waals surface area (Å²) in [6.45, 7) is 2.46. The monoisotopic (exact) mass is 389 g/mol. The Kier molecular flexibility index (Phi) is 5.32. The number of rotatable bonds is 6. The number of ketones is 2. The first-order valence-corrected chi connectivity index (χ1v) is 8.40. The van der Waals surface area contributed by atoms with Crippen LogP contribution in [0.15, 0.2) is 30.3 Å². The zero-order valence-electron chi connectivity index (χ0n) is 14.6. The number of hydrogen-bond acceptors (Lipinski definition) is 6. The number of nitrogens with one attached hydrogen (secondary N) is 1. The molecule has 27 heavy (non-hydrogen) atoms. The summed E-state index contributed by atoms with van der Waals surface area (Å²) in [5.41, 5.74) is 0.870. The molecule has 0 spiro atoms. The third-order valence-electron chi connectivity index (χ3n) is 3.85. The molecule has 1 aliphatic heterocycles. The lowest BCUT2D eigenvalue weighted by Gasteiger charge is -2.12. The molecule has 0 saturated carbocycles. The summed E-state index contributed by atoms with van der Waals surface area (Å²) in [5, 5.41) is 3.01. The highest BCUT2D eigenvalue weighted by Crippen LogP contribution is 2.37. The molecule has 0 atom stereocenters. The molecule has 1 heterocycles. The number of benzene rings is 2. The summed E-state index contributed by atoms with van der Waals surface area (Å²) in [6, 6.07) is 7.61. The minimum Gasteiger partial charge on any atom is -0.483 e. The first kappa shape index (κ1) is 18.7. The van der Waals surface area contributed by atoms with Gasteiger partial charge in [-0.25, -0.2) is 0 Å². The van der Waals surface area contributed by atoms with E-state index in [0.717, 1.165) is 0 Å². The van der Waals surface area contributed by atoms with E-state index in [9.17, 15) is 14.4 Å². The number of anilines is 1. The van der Waals surface area contributed by atoms with Crippen molar-refractivity contribution in [3.63, 3.8) is 0 Å². The van der Waals surface area contributed by atoms with Gasteiger partial charge in [0.15, 0.2) is 29.7 Å². The molecule has 0 aliphatic carbocycles. The summed E-state index contributed by atoms with van der Waals surface area (Å²) in [6.07, 6.45) is 0. The van der Waals surface area contributed by atoms with Gasteiger partial charge in [0.2, 0.25) is 6.79 Å². The minimum atomic E-state index is -0.499. The molecule has 3 rings (SSSR count). The van der Waals surface area contributed by atoms with Gasteiger partial charge in [-0.1, -0.05) is 11.6 Å². The van der Waals surface area contributed by atoms with Crippen LogP contribution in [0.25, 0.3) is 0 Å². The predicted molar refractivity (Wildman–Crippen MR) is 98.2 cm³/mol. The van der Waals surface area contributed by atoms with Gasteiger partial charge in [-0.05, 0) is 38.1 Å². The van der Waals surface area contributed by atoms with Gasteiger partial charge in [-0.3, -0.25) is 14.4 Å². The molecule has 1 N–H and O–H groups in total. The Balaban J connectivity index is 1.74. The average Bonchev–Trinajstić information content (AvgIpc) is 3.07. The highest BCUT2D eigenvalue weighted by atomic mass is 35.5. The van der Waals surface area contributed by atoms with E-state index < -0.39 is 5.91 Å². The zero-order chi connectivity index (χ0) is 19.6. The van der Waals surface area contributed by atoms with Crippen LogP contribution in [0, 0.1) is 0 Å². The van der Waals surface area contributed by atoms with Gasteiger partial charge >= 0.3 is 0 Å². The van der Waals surface area contributed by atoms with Gasteiger partial charge in [0, 0.05) is 16.7 Å². The molecule has 2 aromatic carbocycles. The standard InChI is InChI=1S/C19H16ClNO6/c1-10(22)13-6-17-18(27-9-26-17)7-15(13)21-19(24)8-25-16-4-3-12(20)5-14(16)11(2)23/h3-7H,8-9H2,1-2H3,(H,21,24). The van der Waals surface area contributed by atoms with Crippen LogP contribution >= 0.6 is 11.6 Å². The number of carbonyl (C=O) groups excluding carboxylic acids is 3. The van der Waals surface area contributed by atoms with Gasteiger partial charge in [0.1, 0.15) is 5.75 Å². The van der Waals surface area contributed by atoms with Crippen molar-refractivity contribution in [2.24, 2.45) is 0 Å². The number of ether oxygens (including phenoxy) is 3. The van der Waals surface area contributed by atoms with E-state index >= 15 is 0 Å². The minimum absolute atomic E-state index is 0.0532. The molecular formula is C19H16ClNO6. The molecule has 0 bridgehead atoms. The number of amides is 1. The van der Waals surface area contributed by atoms with Crippen molar-refractivity contribution < 1.29 is 28.6 Å². The van der Waals surface area contributed by atoms with E-state index in [1.165, 1.54) is 38.1 Å². The Labute approximate surface area is 160 Å². The number of Topliss-reactive ketones (excluding diaryl/α,β-unsaturated/α-hetero) is 2. The highest BCUT2D eigenvalue weighted by molar-refractivity contribution is 6.31. The molecule has 0 unspecified atom stereocenters. The Morgan fingerprint density at radius 1 is 1.04 bits per heavy atom. The largest absolute Gasteiger partial charge is 0.483 e. The van der Waals surface area contributed by atoms with Crippen molar-refractivity contribution in [1.82, 2.24) is 0 Å². The van der Waals surface area contributed by atoms with E-state index in [0.29, 0.717) is 27.8 Å². The molecule has 7 nitrogen and oxygen atoms in total. The number of halogens is 1. The number of carbonyl (C=O) groups is 3. The van der Waals surface area contributed by atoms with Gasteiger partial charge in [-0.2, -0.15) is 0 Å². The van der Waals surface area contributed by atoms with E-state index in [2.05, 4.69) is 5.32 Å². The van der Waals surface area contributed by atoms with Crippen LogP contribution in [0.3, 0.4) is 0 Å². The normalized spacial score (nSPS) is 11.8. The highest BCUT2D eigenvalue weighted by Gasteiger charge is 2.20. The van der Waals surface area contributed by atoms with Crippen molar-refractivity contribution in [2.45, 2.75) is 13.8 Å². The van der Waals surface area contributed by atoms with Gasteiger partial charge in [0.25, 0.3) is 5.91 Å². The van der Waals surface area contributed by atoms with Gasteiger partial charge < -0.3 is 19.5 Å². The SMILES string of the molecule is CC(=O)c1cc2c(cc1NC(=O)COc1ccc(Cl)cc1C(C)=O)OCO2. The molecule has 2 aromatic rings. The van der Waals surface area contributed by atoms with E-state index in [1.54, 1.807) is 6.07 Å². The lowest BCUT2D eigenvalue weighted by Crippen LogP contribution is -2.22.